The molecule has 105 heavy (non-hydrogen) atoms. The van der Waals surface area contributed by atoms with Gasteiger partial charge in [0.1, 0.15) is 68.1 Å². The van der Waals surface area contributed by atoms with Crippen LogP contribution in [0, 0.1) is 13.8 Å². The Morgan fingerprint density at radius 3 is 0.886 bits per heavy atom. The van der Waals surface area contributed by atoms with Crippen LogP contribution < -0.4 is 32.2 Å². The van der Waals surface area contributed by atoms with E-state index >= 15 is 0 Å². The van der Waals surface area contributed by atoms with Gasteiger partial charge < -0.3 is 32.2 Å². The molecule has 0 spiro atoms. The average molecular weight is 1420 g/mol. The number of pyridine rings is 4. The second-order valence-corrected chi connectivity index (χ2v) is 29.9. The zero-order valence-corrected chi connectivity index (χ0v) is 62.3. The number of nitrogens with zero attached hydrogens (tertiary/aromatic N) is 4. The molecule has 0 N–H and O–H groups in total. The van der Waals surface area contributed by atoms with Crippen molar-refractivity contribution in [2.24, 2.45) is 0 Å². The summed E-state index contributed by atoms with van der Waals surface area (Å²) in [5.41, 5.74) is 14.5. The van der Waals surface area contributed by atoms with E-state index in [1.54, 1.807) is 24.8 Å². The number of hydrogen-bond donors (Lipinski definition) is 0. The van der Waals surface area contributed by atoms with E-state index in [0.717, 1.165) is 113 Å². The predicted octanol–water partition coefficient (Wildman–Crippen LogP) is 24.2. The van der Waals surface area contributed by atoms with Crippen molar-refractivity contribution in [1.29, 1.82) is 0 Å². The van der Waals surface area contributed by atoms with Gasteiger partial charge in [-0.2, -0.15) is 0 Å². The normalized spacial score (nSPS) is 12.0. The molecular formula is C91H84Al2N4O8. The second-order valence-electron chi connectivity index (χ2n) is 27.4. The van der Waals surface area contributed by atoms with Gasteiger partial charge in [-0.15, -0.1) is 0 Å². The van der Waals surface area contributed by atoms with E-state index in [-0.39, 0.29) is 5.41 Å². The van der Waals surface area contributed by atoms with Crippen molar-refractivity contribution in [2.45, 2.75) is 123 Å². The molecule has 0 saturated heterocycles. The first-order valence-electron chi connectivity index (χ1n) is 37.1. The fraction of sp³-hybridized carbons (Fsp3) is 0.209. The van der Waals surface area contributed by atoms with Crippen molar-refractivity contribution in [3.05, 3.63) is 290 Å². The van der Waals surface area contributed by atoms with Gasteiger partial charge in [0, 0.05) is 51.7 Å². The van der Waals surface area contributed by atoms with Crippen LogP contribution in [0.15, 0.2) is 267 Å². The molecule has 10 aromatic carbocycles. The van der Waals surface area contributed by atoms with Crippen molar-refractivity contribution in [1.82, 2.24) is 19.9 Å². The topological polar surface area (TPSA) is 125 Å². The van der Waals surface area contributed by atoms with Crippen LogP contribution in [0.4, 0.5) is 0 Å². The van der Waals surface area contributed by atoms with Crippen LogP contribution >= 0.6 is 0 Å². The maximum absolute atomic E-state index is 6.98. The lowest BCUT2D eigenvalue weighted by Gasteiger charge is -2.33. The minimum Gasteiger partial charge on any atom is -0.577 e. The van der Waals surface area contributed by atoms with Gasteiger partial charge in [0.25, 0.3) is 0 Å². The molecule has 4 aromatic heterocycles. The third kappa shape index (κ3) is 16.2. The van der Waals surface area contributed by atoms with Crippen molar-refractivity contribution in [2.75, 3.05) is 0 Å². The van der Waals surface area contributed by atoms with E-state index in [0.29, 0.717) is 34.5 Å². The zero-order chi connectivity index (χ0) is 71.3. The second kappa shape index (κ2) is 33.0. The molecule has 0 saturated carbocycles. The quantitative estimate of drug-likeness (QED) is 0.0294. The average Bonchev–Trinajstić information content (AvgIpc) is 1.55. The summed E-state index contributed by atoms with van der Waals surface area (Å²) in [6.45, 7) is 9.02. The van der Waals surface area contributed by atoms with Crippen LogP contribution in [0.5, 0.6) is 57.5 Å². The van der Waals surface area contributed by atoms with E-state index in [1.165, 1.54) is 99.3 Å². The van der Waals surface area contributed by atoms with Crippen LogP contribution in [-0.4, -0.2) is 50.2 Å². The van der Waals surface area contributed by atoms with Gasteiger partial charge in [-0.05, 0) is 192 Å². The van der Waals surface area contributed by atoms with Gasteiger partial charge in [-0.25, -0.2) is 0 Å². The summed E-state index contributed by atoms with van der Waals surface area (Å²) in [5, 5.41) is 3.85. The van der Waals surface area contributed by atoms with Crippen molar-refractivity contribution >= 4 is 73.9 Å². The molecule has 1 aliphatic rings. The van der Waals surface area contributed by atoms with E-state index < -0.39 is 30.3 Å². The van der Waals surface area contributed by atoms with Gasteiger partial charge in [0.05, 0.1) is 11.5 Å². The number of unbranched alkanes of at least 4 members (excludes halogenated alkanes) is 10. The van der Waals surface area contributed by atoms with Crippen molar-refractivity contribution in [3.8, 4) is 90.9 Å². The molecule has 1 aliphatic carbocycles. The molecule has 4 heterocycles. The molecule has 15 rings (SSSR count). The monoisotopic (exact) mass is 1410 g/mol. The Hall–Kier alpha value is -10.7. The summed E-state index contributed by atoms with van der Waals surface area (Å²) in [6, 6.07) is 81.6. The molecular weight excluding hydrogens is 1330 g/mol. The maximum Gasteiger partial charge on any atom is 1.20 e. The van der Waals surface area contributed by atoms with Crippen LogP contribution in [0.2, 0.25) is 0 Å². The number of fused-ring (bicyclic) bond motifs is 7. The Balaban J connectivity index is 0.676. The molecule has 0 unspecified atom stereocenters. The molecule has 0 amide bonds. The standard InChI is InChI=1S/C55H62O4.4C9H7NO.2Al/c1-5-7-9-11-13-15-33-55(34-16-14-12-10-8-6-2)51-35-39(3)53(58-47-29-21-43(22-30-47)41-17-25-45(56)26-18-41)37-49(51)50-38-54(40(4)36-52(50)55)59-48-31-23-44(24-32-48)42-19-27-46(57)28-20-42;4*11-8-5-1-3-7-4-2-6-10-9(7)8;;/h17-32,35-38,56-57H,5-16,33-34H2,1-4H3;4*1-6,11H;;/q;;;;;2*+3/p-6. The third-order valence-electron chi connectivity index (χ3n) is 20.1. The SMILES string of the molecule is CCCCCCCCC1(CCCCCCCC)c2cc(C)c(Oc3ccc(-c4ccc([O][Al]([O]c5cccc6cccnc56)[O]c5cccc6cccnc56)cc4)cc3)cc2-c2cc(Oc3ccc(-c4ccc([O][Al]([O]c5cccc6cccnc56)[O]c5cccc6cccnc56)cc4)cc3)c(C)cc21. The van der Waals surface area contributed by atoms with E-state index in [4.69, 9.17) is 32.2 Å². The minimum absolute atomic E-state index is 0.144. The molecule has 0 bridgehead atoms. The molecule has 0 atom stereocenters. The van der Waals surface area contributed by atoms with E-state index in [2.05, 4.69) is 145 Å². The first-order valence-corrected chi connectivity index (χ1v) is 40.0. The Labute approximate surface area is 625 Å². The Kier molecular flexibility index (Phi) is 22.0. The summed E-state index contributed by atoms with van der Waals surface area (Å²) in [6.07, 6.45) is 24.2. The van der Waals surface area contributed by atoms with E-state index in [9.17, 15) is 0 Å². The Bertz CT molecular complexity index is 4800. The number of ether oxygens (including phenoxy) is 2. The number of benzene rings is 10. The van der Waals surface area contributed by atoms with Gasteiger partial charge in [-0.3, -0.25) is 19.9 Å². The van der Waals surface area contributed by atoms with Crippen LogP contribution in [0.25, 0.3) is 77.0 Å². The highest BCUT2D eigenvalue weighted by Gasteiger charge is 2.47. The Morgan fingerprint density at radius 1 is 0.286 bits per heavy atom. The first-order chi connectivity index (χ1) is 51.7. The van der Waals surface area contributed by atoms with Crippen molar-refractivity contribution < 1.29 is 32.2 Å². The summed E-state index contributed by atoms with van der Waals surface area (Å²) < 4.78 is 53.8. The van der Waals surface area contributed by atoms with Gasteiger partial charge in [0.15, 0.2) is 0 Å². The number of para-hydroxylation sites is 4. The molecule has 0 radical (unpaired) electrons. The first kappa shape index (κ1) is 70.0. The Morgan fingerprint density at radius 2 is 0.571 bits per heavy atom. The molecule has 522 valence electrons. The molecule has 14 heteroatoms. The summed E-state index contributed by atoms with van der Waals surface area (Å²) in [4.78, 5) is 18.6. The molecule has 0 fully saturated rings. The largest absolute Gasteiger partial charge is 1.20 e. The number of hydrogen-bond acceptors (Lipinski definition) is 12. The lowest BCUT2D eigenvalue weighted by Crippen LogP contribution is -2.37. The van der Waals surface area contributed by atoms with Crippen LogP contribution in [-0.2, 0) is 5.41 Å². The minimum atomic E-state index is -2.98. The number of aryl methyl sites for hydroxylation is 2. The number of aromatic nitrogens is 4. The third-order valence-corrected chi connectivity index (χ3v) is 22.9. The van der Waals surface area contributed by atoms with Gasteiger partial charge in [0.2, 0.25) is 0 Å². The highest BCUT2D eigenvalue weighted by atomic mass is 27.3. The zero-order valence-electron chi connectivity index (χ0n) is 60.0. The summed E-state index contributed by atoms with van der Waals surface area (Å²) >= 11 is -5.97. The fourth-order valence-corrected chi connectivity index (χ4v) is 17.3. The molecule has 0 aliphatic heterocycles. The highest BCUT2D eigenvalue weighted by Crippen LogP contribution is 2.57. The lowest BCUT2D eigenvalue weighted by molar-refractivity contribution is 0.309. The van der Waals surface area contributed by atoms with E-state index in [1.807, 2.05) is 146 Å². The van der Waals surface area contributed by atoms with Crippen LogP contribution in [0.1, 0.15) is 126 Å². The van der Waals surface area contributed by atoms with Gasteiger partial charge in [-0.1, -0.05) is 224 Å². The molecule has 14 aromatic rings. The summed E-state index contributed by atoms with van der Waals surface area (Å²) in [7, 11) is 0. The van der Waals surface area contributed by atoms with Gasteiger partial charge >= 0.3 is 30.3 Å². The summed E-state index contributed by atoms with van der Waals surface area (Å²) in [5.74, 6) is 6.82. The predicted molar refractivity (Wildman–Crippen MR) is 424 cm³/mol. The molecule has 12 nitrogen and oxygen atoms in total. The highest BCUT2D eigenvalue weighted by molar-refractivity contribution is 6.40. The van der Waals surface area contributed by atoms with Crippen LogP contribution in [0.3, 0.4) is 0 Å². The lowest BCUT2D eigenvalue weighted by atomic mass is 9.70. The smallest absolute Gasteiger partial charge is 0.577 e. The fourth-order valence-electron chi connectivity index (χ4n) is 14.7. The maximum atomic E-state index is 6.98. The number of rotatable bonds is 32. The van der Waals surface area contributed by atoms with Crippen molar-refractivity contribution in [3.63, 3.8) is 0 Å².